The summed E-state index contributed by atoms with van der Waals surface area (Å²) in [6.45, 7) is 8.43. The summed E-state index contributed by atoms with van der Waals surface area (Å²) in [5.41, 5.74) is 2.56. The summed E-state index contributed by atoms with van der Waals surface area (Å²) in [7, 11) is 0. The van der Waals surface area contributed by atoms with E-state index in [1.807, 2.05) is 30.3 Å². The molecule has 2 N–H and O–H groups in total. The van der Waals surface area contributed by atoms with Crippen LogP contribution in [0.4, 0.5) is 5.00 Å². The van der Waals surface area contributed by atoms with Crippen molar-refractivity contribution in [2.24, 2.45) is 0 Å². The minimum atomic E-state index is -0.335. The van der Waals surface area contributed by atoms with E-state index in [1.54, 1.807) is 6.92 Å². The fraction of sp³-hybridized carbons (Fsp3) is 0.429. The lowest BCUT2D eigenvalue weighted by Crippen LogP contribution is -3.14. The minimum absolute atomic E-state index is 0.113. The smallest absolute Gasteiger partial charge is 0.341 e. The molecule has 1 unspecified atom stereocenters. The summed E-state index contributed by atoms with van der Waals surface area (Å²) in [5, 5.41) is 3.60. The Morgan fingerprint density at radius 3 is 2.67 bits per heavy atom. The molecule has 0 fully saturated rings. The van der Waals surface area contributed by atoms with Crippen molar-refractivity contribution >= 4 is 28.2 Å². The average Bonchev–Trinajstić information content (AvgIpc) is 2.99. The number of amides is 1. The van der Waals surface area contributed by atoms with Crippen molar-refractivity contribution < 1.29 is 19.2 Å². The Morgan fingerprint density at radius 2 is 2.00 bits per heavy atom. The zero-order valence-electron chi connectivity index (χ0n) is 16.1. The molecule has 144 valence electrons. The molecule has 0 spiro atoms. The zero-order chi connectivity index (χ0) is 19.4. The van der Waals surface area contributed by atoms with Crippen LogP contribution in [0.2, 0.25) is 0 Å². The monoisotopic (exact) mass is 387 g/mol. The number of hydrogen-bond acceptors (Lipinski definition) is 4. The Morgan fingerprint density at radius 1 is 1.26 bits per heavy atom. The first-order valence-corrected chi connectivity index (χ1v) is 10.3. The van der Waals surface area contributed by atoms with Gasteiger partial charge < -0.3 is 15.0 Å². The number of thiophene rings is 1. The van der Waals surface area contributed by atoms with Gasteiger partial charge in [0.05, 0.1) is 36.1 Å². The number of fused-ring (bicyclic) bond motifs is 1. The predicted molar refractivity (Wildman–Crippen MR) is 107 cm³/mol. The van der Waals surface area contributed by atoms with Crippen molar-refractivity contribution in [2.75, 3.05) is 18.5 Å². The van der Waals surface area contributed by atoms with Gasteiger partial charge in [0, 0.05) is 6.42 Å². The Hall–Kier alpha value is -2.18. The van der Waals surface area contributed by atoms with Gasteiger partial charge in [0.15, 0.2) is 0 Å². The number of ether oxygens (including phenoxy) is 1. The first kappa shape index (κ1) is 19.6. The van der Waals surface area contributed by atoms with Crippen molar-refractivity contribution in [3.05, 3.63) is 51.9 Å². The number of benzene rings is 1. The van der Waals surface area contributed by atoms with E-state index in [9.17, 15) is 9.59 Å². The van der Waals surface area contributed by atoms with E-state index in [4.69, 9.17) is 4.74 Å². The van der Waals surface area contributed by atoms with Gasteiger partial charge in [-0.25, -0.2) is 4.79 Å². The van der Waals surface area contributed by atoms with Gasteiger partial charge >= 0.3 is 5.97 Å². The summed E-state index contributed by atoms with van der Waals surface area (Å²) in [4.78, 5) is 27.8. The molecule has 2 aromatic rings. The van der Waals surface area contributed by atoms with Crippen LogP contribution in [0.5, 0.6) is 0 Å². The van der Waals surface area contributed by atoms with Crippen LogP contribution in [0, 0.1) is 0 Å². The highest BCUT2D eigenvalue weighted by atomic mass is 32.1. The number of quaternary nitrogens is 1. The molecule has 1 aromatic carbocycles. The van der Waals surface area contributed by atoms with Gasteiger partial charge in [-0.2, -0.15) is 0 Å². The number of esters is 1. The van der Waals surface area contributed by atoms with Gasteiger partial charge in [0.1, 0.15) is 11.5 Å². The first-order chi connectivity index (χ1) is 13.0. The summed E-state index contributed by atoms with van der Waals surface area (Å²) >= 11 is 1.52. The first-order valence-electron chi connectivity index (χ1n) is 9.49. The number of anilines is 1. The van der Waals surface area contributed by atoms with Gasteiger partial charge in [-0.05, 0) is 31.9 Å². The van der Waals surface area contributed by atoms with Gasteiger partial charge in [-0.3, -0.25) is 4.79 Å². The minimum Gasteiger partial charge on any atom is -0.462 e. The molecule has 1 aromatic heterocycles. The molecular formula is C21H27N2O3S+. The number of carbonyl (C=O) groups is 2. The van der Waals surface area contributed by atoms with E-state index in [1.165, 1.54) is 21.1 Å². The fourth-order valence-corrected chi connectivity index (χ4v) is 4.76. The molecule has 0 saturated heterocycles. The van der Waals surface area contributed by atoms with Gasteiger partial charge in [0.2, 0.25) is 5.91 Å². The molecule has 6 heteroatoms. The Bertz CT molecular complexity index is 814. The predicted octanol–water partition coefficient (Wildman–Crippen LogP) is 2.46. The fourth-order valence-electron chi connectivity index (χ4n) is 3.45. The van der Waals surface area contributed by atoms with Crippen molar-refractivity contribution in [3.63, 3.8) is 0 Å². The molecule has 1 atom stereocenters. The molecule has 3 rings (SSSR count). The molecule has 2 heterocycles. The number of carbonyl (C=O) groups excluding carboxylic acids is 2. The lowest BCUT2D eigenvalue weighted by Gasteiger charge is -2.27. The van der Waals surface area contributed by atoms with Crippen molar-refractivity contribution in [2.45, 2.75) is 46.2 Å². The van der Waals surface area contributed by atoms with E-state index in [-0.39, 0.29) is 18.3 Å². The molecular weight excluding hydrogens is 360 g/mol. The van der Waals surface area contributed by atoms with E-state index in [2.05, 4.69) is 19.2 Å². The van der Waals surface area contributed by atoms with Crippen molar-refractivity contribution in [3.8, 4) is 0 Å². The number of hydrogen-bond donors (Lipinski definition) is 2. The van der Waals surface area contributed by atoms with Crippen LogP contribution in [-0.4, -0.2) is 31.1 Å². The third kappa shape index (κ3) is 4.57. The van der Waals surface area contributed by atoms with Crippen LogP contribution >= 0.6 is 11.3 Å². The quantitative estimate of drug-likeness (QED) is 0.749. The molecule has 5 nitrogen and oxygen atoms in total. The van der Waals surface area contributed by atoms with Crippen LogP contribution in [0.15, 0.2) is 30.3 Å². The second kappa shape index (κ2) is 8.67. The second-order valence-electron chi connectivity index (χ2n) is 7.13. The molecule has 1 aliphatic heterocycles. The summed E-state index contributed by atoms with van der Waals surface area (Å²) in [5.74, 6) is -0.448. The molecule has 27 heavy (non-hydrogen) atoms. The molecule has 1 aliphatic rings. The van der Waals surface area contributed by atoms with Crippen LogP contribution in [0.1, 0.15) is 47.1 Å². The van der Waals surface area contributed by atoms with E-state index in [0.29, 0.717) is 23.2 Å². The third-order valence-corrected chi connectivity index (χ3v) is 6.08. The van der Waals surface area contributed by atoms with Crippen LogP contribution in [0.25, 0.3) is 0 Å². The zero-order valence-corrected chi connectivity index (χ0v) is 16.9. The van der Waals surface area contributed by atoms with E-state index in [0.717, 1.165) is 30.6 Å². The normalized spacial score (nSPS) is 16.1. The van der Waals surface area contributed by atoms with Gasteiger partial charge in [0.25, 0.3) is 0 Å². The average molecular weight is 388 g/mol. The highest BCUT2D eigenvalue weighted by Gasteiger charge is 2.32. The van der Waals surface area contributed by atoms with Crippen LogP contribution in [0.3, 0.4) is 0 Å². The maximum absolute atomic E-state index is 12.6. The molecule has 0 radical (unpaired) electrons. The summed E-state index contributed by atoms with van der Waals surface area (Å²) in [6, 6.07) is 10.1. The van der Waals surface area contributed by atoms with Crippen molar-refractivity contribution in [1.82, 2.24) is 0 Å². The lowest BCUT2D eigenvalue weighted by molar-refractivity contribution is -0.936. The maximum atomic E-state index is 12.6. The molecule has 0 bridgehead atoms. The Labute approximate surface area is 164 Å². The van der Waals surface area contributed by atoms with Gasteiger partial charge in [-0.15, -0.1) is 11.3 Å². The van der Waals surface area contributed by atoms with Crippen LogP contribution in [-0.2, 0) is 28.9 Å². The molecule has 0 aliphatic carbocycles. The van der Waals surface area contributed by atoms with Gasteiger partial charge in [-0.1, -0.05) is 30.3 Å². The Balaban J connectivity index is 1.85. The summed E-state index contributed by atoms with van der Waals surface area (Å²) < 4.78 is 5.28. The van der Waals surface area contributed by atoms with Crippen molar-refractivity contribution in [1.29, 1.82) is 0 Å². The third-order valence-electron chi connectivity index (χ3n) is 4.93. The lowest BCUT2D eigenvalue weighted by atomic mass is 10.0. The van der Waals surface area contributed by atoms with Crippen LogP contribution < -0.4 is 10.2 Å². The topological polar surface area (TPSA) is 59.8 Å². The second-order valence-corrected chi connectivity index (χ2v) is 8.23. The maximum Gasteiger partial charge on any atom is 0.341 e. The number of nitrogens with one attached hydrogen (secondary N) is 2. The molecule has 0 saturated carbocycles. The number of rotatable bonds is 6. The molecule has 1 amide bonds. The van der Waals surface area contributed by atoms with E-state index < -0.39 is 0 Å². The Kier molecular flexibility index (Phi) is 6.29. The largest absolute Gasteiger partial charge is 0.462 e. The SMILES string of the molecule is CCOC(=O)c1c(NC(=O)Cc2ccccc2)sc2c1CC[NH+](C(C)C)C2. The highest BCUT2D eigenvalue weighted by Crippen LogP contribution is 2.35. The van der Waals surface area contributed by atoms with E-state index >= 15 is 0 Å². The summed E-state index contributed by atoms with van der Waals surface area (Å²) in [6.07, 6.45) is 1.12. The standard InChI is InChI=1S/C21H26N2O3S/c1-4-26-21(25)19-16-10-11-23(14(2)3)13-17(16)27-20(19)22-18(24)12-15-8-6-5-7-9-15/h5-9,14H,4,10-13H2,1-3H3,(H,22,24)/p+1. The highest BCUT2D eigenvalue weighted by molar-refractivity contribution is 7.17.